The van der Waals surface area contributed by atoms with Crippen LogP contribution in [0.15, 0.2) is 29.2 Å². The summed E-state index contributed by atoms with van der Waals surface area (Å²) in [4.78, 5) is 22.8. The maximum Gasteiger partial charge on any atom is 0.219 e. The van der Waals surface area contributed by atoms with Crippen LogP contribution in [0.2, 0.25) is 0 Å². The number of benzene rings is 1. The molecule has 1 aromatic heterocycles. The molecule has 0 radical (unpaired) electrons. The monoisotopic (exact) mass is 276 g/mol. The smallest absolute Gasteiger partial charge is 0.219 e. The molecule has 106 valence electrons. The van der Waals surface area contributed by atoms with Crippen LogP contribution in [0.1, 0.15) is 6.42 Å². The Balaban J connectivity index is 2.63. The molecule has 6 heteroatoms. The third kappa shape index (κ3) is 2.59. The summed E-state index contributed by atoms with van der Waals surface area (Å²) in [5, 5.41) is 0.509. The standard InChI is InChI=1S/C14H16N2O4/c1-19-12-7-9-10(8-13(12)20-2)16(5-3-11(9)17)6-4-14(15)18/h3,5,7-8H,4,6H2,1-2H3,(H2,15,18). The fraction of sp³-hybridized carbons (Fsp3) is 0.286. The van der Waals surface area contributed by atoms with Crippen LogP contribution in [0.3, 0.4) is 0 Å². The Morgan fingerprint density at radius 1 is 1.25 bits per heavy atom. The number of aromatic nitrogens is 1. The van der Waals surface area contributed by atoms with Gasteiger partial charge in [0.15, 0.2) is 16.9 Å². The minimum Gasteiger partial charge on any atom is -0.493 e. The molecule has 2 rings (SSSR count). The van der Waals surface area contributed by atoms with Gasteiger partial charge in [-0.25, -0.2) is 0 Å². The van der Waals surface area contributed by atoms with Crippen LogP contribution < -0.4 is 20.6 Å². The van der Waals surface area contributed by atoms with E-state index in [1.54, 1.807) is 22.9 Å². The summed E-state index contributed by atoms with van der Waals surface area (Å²) in [7, 11) is 3.04. The largest absolute Gasteiger partial charge is 0.493 e. The van der Waals surface area contributed by atoms with E-state index in [9.17, 15) is 9.59 Å². The topological polar surface area (TPSA) is 83.5 Å². The third-order valence-corrected chi connectivity index (χ3v) is 3.08. The normalized spacial score (nSPS) is 10.5. The maximum absolute atomic E-state index is 11.9. The van der Waals surface area contributed by atoms with Crippen LogP contribution in [0.4, 0.5) is 0 Å². The van der Waals surface area contributed by atoms with Gasteiger partial charge >= 0.3 is 0 Å². The van der Waals surface area contributed by atoms with Gasteiger partial charge in [-0.2, -0.15) is 0 Å². The van der Waals surface area contributed by atoms with Gasteiger partial charge in [-0.05, 0) is 6.07 Å². The summed E-state index contributed by atoms with van der Waals surface area (Å²) < 4.78 is 12.2. The van der Waals surface area contributed by atoms with Crippen LogP contribution in [0, 0.1) is 0 Å². The van der Waals surface area contributed by atoms with Crippen molar-refractivity contribution in [1.29, 1.82) is 0 Å². The van der Waals surface area contributed by atoms with Gasteiger partial charge in [0.1, 0.15) is 0 Å². The minimum atomic E-state index is -0.391. The van der Waals surface area contributed by atoms with Crippen molar-refractivity contribution >= 4 is 16.8 Å². The lowest BCUT2D eigenvalue weighted by Crippen LogP contribution is -2.15. The first kappa shape index (κ1) is 13.9. The zero-order chi connectivity index (χ0) is 14.7. The molecular formula is C14H16N2O4. The van der Waals surface area contributed by atoms with Crippen LogP contribution >= 0.6 is 0 Å². The van der Waals surface area contributed by atoms with Gasteiger partial charge in [0.2, 0.25) is 5.91 Å². The summed E-state index contributed by atoms with van der Waals surface area (Å²) in [6.07, 6.45) is 1.84. The van der Waals surface area contributed by atoms with Gasteiger partial charge < -0.3 is 19.8 Å². The Hall–Kier alpha value is -2.50. The first-order valence-electron chi connectivity index (χ1n) is 6.10. The number of amides is 1. The molecule has 0 spiro atoms. The molecule has 2 N–H and O–H groups in total. The second kappa shape index (κ2) is 5.64. The van der Waals surface area contributed by atoms with Crippen LogP contribution in [-0.4, -0.2) is 24.7 Å². The predicted octanol–water partition coefficient (Wildman–Crippen LogP) is 0.894. The lowest BCUT2D eigenvalue weighted by molar-refractivity contribution is -0.118. The number of hydrogen-bond acceptors (Lipinski definition) is 4. The fourth-order valence-corrected chi connectivity index (χ4v) is 2.06. The van der Waals surface area contributed by atoms with Crippen molar-refractivity contribution in [2.45, 2.75) is 13.0 Å². The molecule has 1 aromatic carbocycles. The van der Waals surface area contributed by atoms with Crippen LogP contribution in [-0.2, 0) is 11.3 Å². The summed E-state index contributed by atoms with van der Waals surface area (Å²) in [6, 6.07) is 4.81. The second-order valence-corrected chi connectivity index (χ2v) is 4.31. The summed E-state index contributed by atoms with van der Waals surface area (Å²) in [6.45, 7) is 0.404. The van der Waals surface area contributed by atoms with Gasteiger partial charge in [0.25, 0.3) is 0 Å². The highest BCUT2D eigenvalue weighted by atomic mass is 16.5. The van der Waals surface area contributed by atoms with Gasteiger partial charge in [0.05, 0.1) is 19.7 Å². The van der Waals surface area contributed by atoms with Crippen LogP contribution in [0.25, 0.3) is 10.9 Å². The molecule has 6 nitrogen and oxygen atoms in total. The fourth-order valence-electron chi connectivity index (χ4n) is 2.06. The van der Waals surface area contributed by atoms with Crippen LogP contribution in [0.5, 0.6) is 11.5 Å². The Bertz CT molecular complexity index is 706. The van der Waals surface area contributed by atoms with E-state index < -0.39 is 5.91 Å². The van der Waals surface area contributed by atoms with Gasteiger partial charge in [-0.15, -0.1) is 0 Å². The maximum atomic E-state index is 11.9. The SMILES string of the molecule is COc1cc2c(=O)ccn(CCC(N)=O)c2cc1OC. The third-order valence-electron chi connectivity index (χ3n) is 3.08. The van der Waals surface area contributed by atoms with E-state index in [0.717, 1.165) is 0 Å². The summed E-state index contributed by atoms with van der Waals surface area (Å²) in [5.41, 5.74) is 5.72. The molecule has 1 amide bonds. The Morgan fingerprint density at radius 3 is 2.50 bits per heavy atom. The number of methoxy groups -OCH3 is 2. The van der Waals surface area contributed by atoms with E-state index in [1.165, 1.54) is 20.3 Å². The summed E-state index contributed by atoms with van der Waals surface area (Å²) >= 11 is 0. The van der Waals surface area contributed by atoms with Crippen molar-refractivity contribution < 1.29 is 14.3 Å². The zero-order valence-corrected chi connectivity index (χ0v) is 11.4. The molecule has 0 atom stereocenters. The average Bonchev–Trinajstić information content (AvgIpc) is 2.45. The Kier molecular flexibility index (Phi) is 3.93. The Morgan fingerprint density at radius 2 is 1.90 bits per heavy atom. The highest BCUT2D eigenvalue weighted by Crippen LogP contribution is 2.30. The second-order valence-electron chi connectivity index (χ2n) is 4.31. The molecule has 0 unspecified atom stereocenters. The number of fused-ring (bicyclic) bond motifs is 1. The van der Waals surface area contributed by atoms with E-state index >= 15 is 0 Å². The van der Waals surface area contributed by atoms with Gasteiger partial charge in [0, 0.05) is 36.7 Å². The van der Waals surface area contributed by atoms with E-state index in [1.807, 2.05) is 0 Å². The van der Waals surface area contributed by atoms with Gasteiger partial charge in [-0.1, -0.05) is 0 Å². The lowest BCUT2D eigenvalue weighted by Gasteiger charge is -2.13. The van der Waals surface area contributed by atoms with E-state index in [0.29, 0.717) is 28.9 Å². The number of nitrogens with zero attached hydrogens (tertiary/aromatic N) is 1. The Labute approximate surface area is 115 Å². The van der Waals surface area contributed by atoms with Crippen molar-refractivity contribution in [3.05, 3.63) is 34.6 Å². The molecule has 0 saturated heterocycles. The molecule has 2 aromatic rings. The van der Waals surface area contributed by atoms with E-state index in [2.05, 4.69) is 0 Å². The summed E-state index contributed by atoms with van der Waals surface area (Å²) in [5.74, 6) is 0.625. The average molecular weight is 276 g/mol. The quantitative estimate of drug-likeness (QED) is 0.879. The number of rotatable bonds is 5. The molecule has 0 bridgehead atoms. The number of ether oxygens (including phenoxy) is 2. The molecule has 0 aliphatic carbocycles. The molecule has 20 heavy (non-hydrogen) atoms. The number of nitrogens with two attached hydrogens (primary N) is 1. The zero-order valence-electron chi connectivity index (χ0n) is 11.4. The first-order chi connectivity index (χ1) is 9.56. The molecule has 0 saturated carbocycles. The minimum absolute atomic E-state index is 0.115. The number of carbonyl (C=O) groups is 1. The van der Waals surface area contributed by atoms with Crippen molar-refractivity contribution in [1.82, 2.24) is 4.57 Å². The lowest BCUT2D eigenvalue weighted by atomic mass is 10.1. The number of hydrogen-bond donors (Lipinski definition) is 1. The van der Waals surface area contributed by atoms with Crippen molar-refractivity contribution in [2.24, 2.45) is 5.73 Å². The van der Waals surface area contributed by atoms with Crippen molar-refractivity contribution in [3.8, 4) is 11.5 Å². The number of carbonyl (C=O) groups excluding carboxylic acids is 1. The molecule has 0 aliphatic rings. The highest BCUT2D eigenvalue weighted by molar-refractivity contribution is 5.83. The highest BCUT2D eigenvalue weighted by Gasteiger charge is 2.10. The first-order valence-corrected chi connectivity index (χ1v) is 6.10. The molecule has 0 aliphatic heterocycles. The molecular weight excluding hydrogens is 260 g/mol. The van der Waals surface area contributed by atoms with Gasteiger partial charge in [-0.3, -0.25) is 9.59 Å². The number of pyridine rings is 1. The predicted molar refractivity (Wildman–Crippen MR) is 75.1 cm³/mol. The van der Waals surface area contributed by atoms with E-state index in [-0.39, 0.29) is 11.8 Å². The molecule has 0 fully saturated rings. The van der Waals surface area contributed by atoms with Crippen molar-refractivity contribution in [2.75, 3.05) is 14.2 Å². The van der Waals surface area contributed by atoms with E-state index in [4.69, 9.17) is 15.2 Å². The number of aryl methyl sites for hydroxylation is 1. The number of primary amides is 1. The molecule has 1 heterocycles. The van der Waals surface area contributed by atoms with Crippen molar-refractivity contribution in [3.63, 3.8) is 0 Å².